The zero-order valence-corrected chi connectivity index (χ0v) is 16.6. The molecule has 1 amide bonds. The molecule has 0 saturated heterocycles. The van der Waals surface area contributed by atoms with Gasteiger partial charge in [0.15, 0.2) is 0 Å². The zero-order chi connectivity index (χ0) is 20.6. The Bertz CT molecular complexity index is 866. The van der Waals surface area contributed by atoms with Crippen molar-refractivity contribution in [3.8, 4) is 22.9 Å². The number of carbonyl (C=O) groups is 1. The summed E-state index contributed by atoms with van der Waals surface area (Å²) in [6, 6.07) is 16.3. The van der Waals surface area contributed by atoms with E-state index in [0.717, 1.165) is 54.7 Å². The Kier molecular flexibility index (Phi) is 7.09. The molecule has 152 valence electrons. The number of hydrogen-bond donors (Lipinski definition) is 3. The maximum absolute atomic E-state index is 10.6. The van der Waals surface area contributed by atoms with Crippen LogP contribution in [-0.2, 0) is 6.54 Å². The van der Waals surface area contributed by atoms with Crippen LogP contribution in [0.2, 0.25) is 0 Å². The van der Waals surface area contributed by atoms with Crippen molar-refractivity contribution in [2.24, 2.45) is 5.92 Å². The molecule has 0 unspecified atom stereocenters. The number of carboxylic acid groups (broad SMARTS) is 1. The lowest BCUT2D eigenvalue weighted by molar-refractivity contribution is 0.189. The number of amides is 1. The van der Waals surface area contributed by atoms with E-state index in [4.69, 9.17) is 15.1 Å². The molecule has 0 aromatic heterocycles. The molecule has 1 saturated carbocycles. The summed E-state index contributed by atoms with van der Waals surface area (Å²) >= 11 is 0. The van der Waals surface area contributed by atoms with Crippen molar-refractivity contribution < 1.29 is 14.6 Å². The average Bonchev–Trinajstić information content (AvgIpc) is 2.76. The van der Waals surface area contributed by atoms with Gasteiger partial charge >= 0.3 is 6.09 Å². The van der Waals surface area contributed by atoms with Crippen LogP contribution in [0.15, 0.2) is 42.5 Å². The van der Waals surface area contributed by atoms with E-state index < -0.39 is 6.09 Å². The third-order valence-corrected chi connectivity index (χ3v) is 5.60. The SMILES string of the molecule is COc1ccc(-c2ccc(C#N)cc2)cc1CNC1CCC(CNC(=O)O)CC1. The first-order valence-electron chi connectivity index (χ1n) is 9.96. The second-order valence-electron chi connectivity index (χ2n) is 7.50. The number of nitrogens with one attached hydrogen (secondary N) is 2. The Balaban J connectivity index is 1.60. The molecule has 0 spiro atoms. The van der Waals surface area contributed by atoms with Crippen molar-refractivity contribution in [1.82, 2.24) is 10.6 Å². The van der Waals surface area contributed by atoms with E-state index in [2.05, 4.69) is 22.8 Å². The lowest BCUT2D eigenvalue weighted by atomic mass is 9.86. The molecule has 1 fully saturated rings. The first kappa shape index (κ1) is 20.7. The smallest absolute Gasteiger partial charge is 0.404 e. The van der Waals surface area contributed by atoms with Gasteiger partial charge in [0.05, 0.1) is 18.7 Å². The van der Waals surface area contributed by atoms with Gasteiger partial charge in [0, 0.05) is 24.7 Å². The number of rotatable bonds is 7. The summed E-state index contributed by atoms with van der Waals surface area (Å²) in [5.41, 5.74) is 3.91. The monoisotopic (exact) mass is 393 g/mol. The number of nitriles is 1. The summed E-state index contributed by atoms with van der Waals surface area (Å²) in [4.78, 5) is 10.6. The van der Waals surface area contributed by atoms with Gasteiger partial charge in [0.2, 0.25) is 0 Å². The van der Waals surface area contributed by atoms with Gasteiger partial charge in [-0.05, 0) is 67.0 Å². The normalized spacial score (nSPS) is 18.6. The molecular formula is C23H27N3O3. The number of methoxy groups -OCH3 is 1. The highest BCUT2D eigenvalue weighted by atomic mass is 16.5. The van der Waals surface area contributed by atoms with Crippen molar-refractivity contribution in [3.05, 3.63) is 53.6 Å². The summed E-state index contributed by atoms with van der Waals surface area (Å²) in [5, 5.41) is 23.8. The van der Waals surface area contributed by atoms with Crippen LogP contribution in [0.25, 0.3) is 11.1 Å². The third kappa shape index (κ3) is 5.72. The molecule has 0 bridgehead atoms. The zero-order valence-electron chi connectivity index (χ0n) is 16.6. The fourth-order valence-electron chi connectivity index (χ4n) is 3.89. The summed E-state index contributed by atoms with van der Waals surface area (Å²) in [6.07, 6.45) is 3.20. The van der Waals surface area contributed by atoms with E-state index in [-0.39, 0.29) is 0 Å². The number of ether oxygens (including phenoxy) is 1. The number of hydrogen-bond acceptors (Lipinski definition) is 4. The van der Waals surface area contributed by atoms with Gasteiger partial charge in [-0.25, -0.2) is 4.79 Å². The molecule has 29 heavy (non-hydrogen) atoms. The highest BCUT2D eigenvalue weighted by molar-refractivity contribution is 5.66. The van der Waals surface area contributed by atoms with Crippen LogP contribution in [0.3, 0.4) is 0 Å². The molecule has 0 atom stereocenters. The lowest BCUT2D eigenvalue weighted by Gasteiger charge is -2.29. The molecule has 3 N–H and O–H groups in total. The highest BCUT2D eigenvalue weighted by Crippen LogP contribution is 2.28. The Labute approximate surface area is 171 Å². The molecule has 2 aromatic rings. The van der Waals surface area contributed by atoms with E-state index in [9.17, 15) is 4.79 Å². The predicted octanol–water partition coefficient (Wildman–Crippen LogP) is 4.15. The topological polar surface area (TPSA) is 94.4 Å². The predicted molar refractivity (Wildman–Crippen MR) is 112 cm³/mol. The molecular weight excluding hydrogens is 366 g/mol. The summed E-state index contributed by atoms with van der Waals surface area (Å²) in [7, 11) is 1.68. The second kappa shape index (κ2) is 9.94. The van der Waals surface area contributed by atoms with Crippen LogP contribution < -0.4 is 15.4 Å². The van der Waals surface area contributed by atoms with Gasteiger partial charge in [0.25, 0.3) is 0 Å². The van der Waals surface area contributed by atoms with E-state index in [0.29, 0.717) is 24.1 Å². The Hall–Kier alpha value is -3.04. The van der Waals surface area contributed by atoms with Crippen LogP contribution in [0, 0.1) is 17.2 Å². The van der Waals surface area contributed by atoms with E-state index >= 15 is 0 Å². The first-order valence-corrected chi connectivity index (χ1v) is 9.96. The molecule has 6 heteroatoms. The fraction of sp³-hybridized carbons (Fsp3) is 0.391. The van der Waals surface area contributed by atoms with Gasteiger partial charge in [-0.3, -0.25) is 0 Å². The second-order valence-corrected chi connectivity index (χ2v) is 7.50. The van der Waals surface area contributed by atoms with Crippen molar-refractivity contribution in [2.45, 2.75) is 38.3 Å². The van der Waals surface area contributed by atoms with Gasteiger partial charge in [-0.1, -0.05) is 18.2 Å². The van der Waals surface area contributed by atoms with Crippen molar-refractivity contribution in [1.29, 1.82) is 5.26 Å². The average molecular weight is 393 g/mol. The third-order valence-electron chi connectivity index (χ3n) is 5.60. The van der Waals surface area contributed by atoms with Crippen LogP contribution in [0.1, 0.15) is 36.8 Å². The van der Waals surface area contributed by atoms with E-state index in [1.54, 1.807) is 7.11 Å². The minimum Gasteiger partial charge on any atom is -0.496 e. The van der Waals surface area contributed by atoms with Crippen LogP contribution in [0.4, 0.5) is 4.79 Å². The molecule has 2 aromatic carbocycles. The summed E-state index contributed by atoms with van der Waals surface area (Å²) in [5.74, 6) is 1.28. The molecule has 3 rings (SSSR count). The molecule has 0 heterocycles. The van der Waals surface area contributed by atoms with Crippen molar-refractivity contribution in [3.63, 3.8) is 0 Å². The van der Waals surface area contributed by atoms with Gasteiger partial charge in [0.1, 0.15) is 5.75 Å². The van der Waals surface area contributed by atoms with Gasteiger partial charge in [-0.15, -0.1) is 0 Å². The number of nitrogens with zero attached hydrogens (tertiary/aromatic N) is 1. The van der Waals surface area contributed by atoms with Crippen molar-refractivity contribution >= 4 is 6.09 Å². The largest absolute Gasteiger partial charge is 0.496 e. The van der Waals surface area contributed by atoms with Crippen LogP contribution in [-0.4, -0.2) is 30.9 Å². The van der Waals surface area contributed by atoms with Gasteiger partial charge in [-0.2, -0.15) is 5.26 Å². The van der Waals surface area contributed by atoms with Crippen LogP contribution >= 0.6 is 0 Å². The number of benzene rings is 2. The molecule has 0 radical (unpaired) electrons. The quantitative estimate of drug-likeness (QED) is 0.657. The maximum Gasteiger partial charge on any atom is 0.404 e. The molecule has 1 aliphatic carbocycles. The standard InChI is InChI=1S/C23H27N3O3/c1-29-22-11-8-19(18-6-2-16(13-24)3-7-18)12-20(22)15-25-21-9-4-17(5-10-21)14-26-23(27)28/h2-3,6-8,11-12,17,21,25-26H,4-5,9-10,14-15H2,1H3,(H,27,28). The van der Waals surface area contributed by atoms with Crippen molar-refractivity contribution in [2.75, 3.05) is 13.7 Å². The van der Waals surface area contributed by atoms with Crippen LogP contribution in [0.5, 0.6) is 5.75 Å². The highest BCUT2D eigenvalue weighted by Gasteiger charge is 2.21. The Morgan fingerprint density at radius 2 is 1.83 bits per heavy atom. The van der Waals surface area contributed by atoms with E-state index in [1.807, 2.05) is 36.4 Å². The summed E-state index contributed by atoms with van der Waals surface area (Å²) in [6.45, 7) is 1.26. The summed E-state index contributed by atoms with van der Waals surface area (Å²) < 4.78 is 5.54. The minimum absolute atomic E-state index is 0.429. The Morgan fingerprint density at radius 1 is 1.14 bits per heavy atom. The molecule has 0 aliphatic heterocycles. The lowest BCUT2D eigenvalue weighted by Crippen LogP contribution is -2.36. The fourth-order valence-corrected chi connectivity index (χ4v) is 3.89. The maximum atomic E-state index is 10.6. The van der Waals surface area contributed by atoms with E-state index in [1.165, 1.54) is 0 Å². The minimum atomic E-state index is -0.945. The first-order chi connectivity index (χ1) is 14.1. The Morgan fingerprint density at radius 3 is 2.45 bits per heavy atom. The molecule has 1 aliphatic rings. The molecule has 6 nitrogen and oxygen atoms in total. The van der Waals surface area contributed by atoms with Gasteiger partial charge < -0.3 is 20.5 Å².